The Balaban J connectivity index is 1.48. The van der Waals surface area contributed by atoms with Crippen molar-refractivity contribution in [3.8, 4) is 5.69 Å². The maximum absolute atomic E-state index is 16.7. The SMILES string of the molecule is Cc1ccc(S(=O)(=O)[C@H]2CCC3=Cc4c(ccn4-c4ccc(F)cc4)C[C@]3(C(F)(F)c3ccccn3)C2)cc1. The fourth-order valence-corrected chi connectivity index (χ4v) is 7.94. The summed E-state index contributed by atoms with van der Waals surface area (Å²) in [6, 6.07) is 18.8. The summed E-state index contributed by atoms with van der Waals surface area (Å²) >= 11 is 0. The lowest BCUT2D eigenvalue weighted by Crippen LogP contribution is -2.50. The summed E-state index contributed by atoms with van der Waals surface area (Å²) in [7, 11) is -3.85. The van der Waals surface area contributed by atoms with Gasteiger partial charge in [-0.15, -0.1) is 0 Å². The van der Waals surface area contributed by atoms with Gasteiger partial charge in [0, 0.05) is 23.8 Å². The highest BCUT2D eigenvalue weighted by Crippen LogP contribution is 2.61. The second kappa shape index (κ2) is 9.23. The highest BCUT2D eigenvalue weighted by molar-refractivity contribution is 7.92. The minimum atomic E-state index is -3.85. The first-order valence-electron chi connectivity index (χ1n) is 12.9. The van der Waals surface area contributed by atoms with Gasteiger partial charge in [-0.3, -0.25) is 4.98 Å². The van der Waals surface area contributed by atoms with E-state index in [0.717, 1.165) is 11.3 Å². The Morgan fingerprint density at radius 3 is 2.44 bits per heavy atom. The lowest BCUT2D eigenvalue weighted by atomic mass is 9.60. The first-order chi connectivity index (χ1) is 18.6. The third-order valence-electron chi connectivity index (χ3n) is 8.22. The van der Waals surface area contributed by atoms with Gasteiger partial charge in [0.1, 0.15) is 11.5 Å². The molecule has 2 atom stereocenters. The molecule has 2 aromatic heterocycles. The van der Waals surface area contributed by atoms with Crippen LogP contribution in [0.3, 0.4) is 0 Å². The van der Waals surface area contributed by atoms with Crippen molar-refractivity contribution < 1.29 is 21.6 Å². The second-order valence-corrected chi connectivity index (χ2v) is 12.7. The maximum Gasteiger partial charge on any atom is 0.299 e. The number of benzene rings is 2. The van der Waals surface area contributed by atoms with Gasteiger partial charge in [-0.1, -0.05) is 29.3 Å². The predicted octanol–water partition coefficient (Wildman–Crippen LogP) is 7.06. The maximum atomic E-state index is 16.7. The van der Waals surface area contributed by atoms with Crippen molar-refractivity contribution in [2.45, 2.75) is 48.7 Å². The number of rotatable bonds is 5. The van der Waals surface area contributed by atoms with Crippen molar-refractivity contribution in [2.24, 2.45) is 5.41 Å². The smallest absolute Gasteiger partial charge is 0.299 e. The fourth-order valence-electron chi connectivity index (χ4n) is 6.11. The van der Waals surface area contributed by atoms with Gasteiger partial charge in [-0.05, 0) is 98.8 Å². The Morgan fingerprint density at radius 2 is 1.74 bits per heavy atom. The van der Waals surface area contributed by atoms with Crippen molar-refractivity contribution in [3.63, 3.8) is 0 Å². The molecule has 2 aromatic carbocycles. The third-order valence-corrected chi connectivity index (χ3v) is 10.4. The van der Waals surface area contributed by atoms with Gasteiger partial charge in [0.15, 0.2) is 9.84 Å². The largest absolute Gasteiger partial charge is 0.317 e. The molecule has 2 heterocycles. The van der Waals surface area contributed by atoms with Crippen LogP contribution < -0.4 is 0 Å². The van der Waals surface area contributed by atoms with Gasteiger partial charge in [-0.2, -0.15) is 8.78 Å². The van der Waals surface area contributed by atoms with Crippen LogP contribution in [0.15, 0.2) is 95.7 Å². The van der Waals surface area contributed by atoms with Crippen LogP contribution in [0.25, 0.3) is 11.8 Å². The zero-order valence-corrected chi connectivity index (χ0v) is 22.1. The number of nitrogens with zero attached hydrogens (tertiary/aromatic N) is 2. The molecule has 0 spiro atoms. The van der Waals surface area contributed by atoms with Crippen LogP contribution in [0.1, 0.15) is 41.8 Å². The van der Waals surface area contributed by atoms with Gasteiger partial charge >= 0.3 is 0 Å². The highest BCUT2D eigenvalue weighted by atomic mass is 32.2. The fraction of sp³-hybridized carbons (Fsp3) is 0.258. The molecule has 200 valence electrons. The van der Waals surface area contributed by atoms with Crippen molar-refractivity contribution in [3.05, 3.63) is 119 Å². The van der Waals surface area contributed by atoms with Crippen LogP contribution in [0, 0.1) is 18.2 Å². The lowest BCUT2D eigenvalue weighted by molar-refractivity contribution is -0.125. The van der Waals surface area contributed by atoms with E-state index < -0.39 is 26.4 Å². The predicted molar refractivity (Wildman–Crippen MR) is 144 cm³/mol. The Labute approximate surface area is 225 Å². The standard InChI is InChI=1S/C31H27F3N2O2S/c1-21-5-12-26(13-6-21)39(37,38)27-14-7-23-18-28-22(15-17-36(28)25-10-8-24(32)9-11-25)19-30(23,20-27)31(33,34)29-4-2-3-16-35-29/h2-6,8-13,15-18,27H,7,14,19-20H2,1H3/t27-,30-/m0/s1. The number of aryl methyl sites for hydroxylation is 1. The lowest BCUT2D eigenvalue weighted by Gasteiger charge is -2.49. The molecule has 8 heteroatoms. The number of fused-ring (bicyclic) bond motifs is 2. The Morgan fingerprint density at radius 1 is 1.00 bits per heavy atom. The average molecular weight is 549 g/mol. The van der Waals surface area contributed by atoms with E-state index in [1.54, 1.807) is 60.8 Å². The van der Waals surface area contributed by atoms with Crippen LogP contribution in [0.5, 0.6) is 0 Å². The molecular formula is C31H27F3N2O2S. The summed E-state index contributed by atoms with van der Waals surface area (Å²) in [5.41, 5.74) is 1.47. The zero-order valence-electron chi connectivity index (χ0n) is 21.3. The molecular weight excluding hydrogens is 521 g/mol. The molecule has 4 nitrogen and oxygen atoms in total. The first-order valence-corrected chi connectivity index (χ1v) is 14.4. The van der Waals surface area contributed by atoms with Crippen molar-refractivity contribution >= 4 is 15.9 Å². The van der Waals surface area contributed by atoms with Gasteiger partial charge in [-0.25, -0.2) is 12.8 Å². The van der Waals surface area contributed by atoms with Gasteiger partial charge < -0.3 is 4.57 Å². The van der Waals surface area contributed by atoms with Gasteiger partial charge in [0.2, 0.25) is 0 Å². The van der Waals surface area contributed by atoms with Crippen molar-refractivity contribution in [1.82, 2.24) is 9.55 Å². The molecule has 6 rings (SSSR count). The van der Waals surface area contributed by atoms with Crippen LogP contribution in [0.2, 0.25) is 0 Å². The van der Waals surface area contributed by atoms with Crippen LogP contribution in [-0.4, -0.2) is 23.2 Å². The second-order valence-electron chi connectivity index (χ2n) is 10.5. The number of hydrogen-bond donors (Lipinski definition) is 0. The van der Waals surface area contributed by atoms with Crippen LogP contribution in [-0.2, 0) is 22.2 Å². The summed E-state index contributed by atoms with van der Waals surface area (Å²) in [5.74, 6) is -3.78. The van der Waals surface area contributed by atoms with E-state index in [4.69, 9.17) is 0 Å². The normalized spacial score (nSPS) is 21.1. The number of pyridine rings is 1. The molecule has 0 amide bonds. The van der Waals surface area contributed by atoms with Crippen molar-refractivity contribution in [1.29, 1.82) is 0 Å². The first kappa shape index (κ1) is 25.6. The molecule has 0 saturated heterocycles. The molecule has 0 unspecified atom stereocenters. The van der Waals surface area contributed by atoms with Gasteiger partial charge in [0.25, 0.3) is 5.92 Å². The molecule has 39 heavy (non-hydrogen) atoms. The van der Waals surface area contributed by atoms with Crippen LogP contribution >= 0.6 is 0 Å². The summed E-state index contributed by atoms with van der Waals surface area (Å²) in [6.07, 6.45) is 5.12. The highest BCUT2D eigenvalue weighted by Gasteiger charge is 2.62. The van der Waals surface area contributed by atoms with E-state index in [-0.39, 0.29) is 42.1 Å². The molecule has 4 aromatic rings. The number of halogens is 3. The number of sulfone groups is 1. The minimum absolute atomic E-state index is 0.0359. The topological polar surface area (TPSA) is 52.0 Å². The average Bonchev–Trinajstić information content (AvgIpc) is 3.34. The Kier molecular flexibility index (Phi) is 6.06. The molecule has 2 aliphatic rings. The molecule has 0 aliphatic heterocycles. The van der Waals surface area contributed by atoms with E-state index in [9.17, 15) is 12.8 Å². The zero-order chi connectivity index (χ0) is 27.4. The van der Waals surface area contributed by atoms with E-state index >= 15 is 8.78 Å². The third kappa shape index (κ3) is 4.13. The molecule has 0 N–H and O–H groups in total. The molecule has 1 fully saturated rings. The molecule has 0 bridgehead atoms. The van der Waals surface area contributed by atoms with E-state index in [1.807, 2.05) is 11.5 Å². The Hall–Kier alpha value is -3.65. The number of hydrogen-bond acceptors (Lipinski definition) is 3. The van der Waals surface area contributed by atoms with Crippen molar-refractivity contribution in [2.75, 3.05) is 0 Å². The summed E-state index contributed by atoms with van der Waals surface area (Å²) in [4.78, 5) is 4.17. The Bertz CT molecular complexity index is 1660. The van der Waals surface area contributed by atoms with Crippen LogP contribution in [0.4, 0.5) is 13.2 Å². The quantitative estimate of drug-likeness (QED) is 0.268. The monoisotopic (exact) mass is 548 g/mol. The van der Waals surface area contributed by atoms with E-state index in [0.29, 0.717) is 16.8 Å². The van der Waals surface area contributed by atoms with E-state index in [1.165, 1.54) is 30.5 Å². The molecule has 0 radical (unpaired) electrons. The number of allylic oxidation sites excluding steroid dienone is 1. The summed E-state index contributed by atoms with van der Waals surface area (Å²) < 4.78 is 76.3. The number of alkyl halides is 2. The minimum Gasteiger partial charge on any atom is -0.317 e. The summed E-state index contributed by atoms with van der Waals surface area (Å²) in [5, 5.41) is -0.965. The molecule has 1 saturated carbocycles. The summed E-state index contributed by atoms with van der Waals surface area (Å²) in [6.45, 7) is 1.87. The van der Waals surface area contributed by atoms with Gasteiger partial charge in [0.05, 0.1) is 15.6 Å². The number of aromatic nitrogens is 2. The van der Waals surface area contributed by atoms with E-state index in [2.05, 4.69) is 4.98 Å². The molecule has 2 aliphatic carbocycles.